The molecule has 3 aliphatic rings. The van der Waals surface area contributed by atoms with Gasteiger partial charge >= 0.3 is 0 Å². The summed E-state index contributed by atoms with van der Waals surface area (Å²) in [6.07, 6.45) is 0.541. The fourth-order valence-corrected chi connectivity index (χ4v) is 6.96. The zero-order valence-electron chi connectivity index (χ0n) is 21.6. The zero-order valence-corrected chi connectivity index (χ0v) is 24.0. The lowest BCUT2D eigenvalue weighted by Crippen LogP contribution is -2.70. The minimum Gasteiger partial charge on any atom is -0.341 e. The number of rotatable bonds is 6. The van der Waals surface area contributed by atoms with E-state index in [0.717, 1.165) is 21.0 Å². The largest absolute Gasteiger partial charge is 0.341 e. The molecule has 1 saturated heterocycles. The average molecular weight is 627 g/mol. The Kier molecular flexibility index (Phi) is 6.73. The van der Waals surface area contributed by atoms with Crippen molar-refractivity contribution in [3.8, 4) is 0 Å². The number of nitrogens with zero attached hydrogens (tertiary/aromatic N) is 2. The van der Waals surface area contributed by atoms with E-state index in [9.17, 15) is 23.2 Å². The highest BCUT2D eigenvalue weighted by molar-refractivity contribution is 9.10. The van der Waals surface area contributed by atoms with Crippen molar-refractivity contribution in [1.82, 2.24) is 10.2 Å². The topological polar surface area (TPSA) is 69.7 Å². The molecule has 0 radical (unpaired) electrons. The molecule has 3 aromatic carbocycles. The molecule has 206 valence electrons. The van der Waals surface area contributed by atoms with Crippen LogP contribution in [0, 0.1) is 17.6 Å². The summed E-state index contributed by atoms with van der Waals surface area (Å²) in [6.45, 7) is 2.30. The molecule has 2 unspecified atom stereocenters. The molecular formula is C30H26BrF2N3O3S. The van der Waals surface area contributed by atoms with Crippen LogP contribution in [0.15, 0.2) is 76.1 Å². The van der Waals surface area contributed by atoms with Crippen molar-refractivity contribution in [1.29, 1.82) is 0 Å². The number of hydrogen-bond acceptors (Lipinski definition) is 4. The number of amides is 3. The molecule has 2 heterocycles. The summed E-state index contributed by atoms with van der Waals surface area (Å²) in [5.41, 5.74) is 0.793. The Hall–Kier alpha value is -3.24. The van der Waals surface area contributed by atoms with Gasteiger partial charge in [-0.15, -0.1) is 11.8 Å². The number of likely N-dealkylation sites (tertiary alicyclic amines) is 1. The maximum absolute atomic E-state index is 13.9. The second-order valence-electron chi connectivity index (χ2n) is 10.9. The van der Waals surface area contributed by atoms with Crippen LogP contribution in [0.4, 0.5) is 14.5 Å². The van der Waals surface area contributed by atoms with Crippen LogP contribution in [-0.4, -0.2) is 48.0 Å². The molecule has 3 amide bonds. The van der Waals surface area contributed by atoms with Gasteiger partial charge in [0.25, 0.3) is 0 Å². The molecule has 40 heavy (non-hydrogen) atoms. The number of halogens is 3. The Morgan fingerprint density at radius 1 is 1.02 bits per heavy atom. The quantitative estimate of drug-likeness (QED) is 0.419. The third-order valence-electron chi connectivity index (χ3n) is 8.23. The van der Waals surface area contributed by atoms with Crippen LogP contribution >= 0.6 is 27.7 Å². The Bertz CT molecular complexity index is 1530. The zero-order chi connectivity index (χ0) is 28.2. The van der Waals surface area contributed by atoms with E-state index in [-0.39, 0.29) is 49.0 Å². The number of carbonyl (C=O) groups excluding carboxylic acids is 3. The number of carbonyl (C=O) groups is 3. The van der Waals surface area contributed by atoms with Gasteiger partial charge in [-0.3, -0.25) is 14.4 Å². The average Bonchev–Trinajstić information content (AvgIpc) is 3.62. The minimum atomic E-state index is -0.925. The number of para-hydroxylation sites is 1. The molecule has 1 aliphatic carbocycles. The lowest BCUT2D eigenvalue weighted by molar-refractivity contribution is -0.145. The van der Waals surface area contributed by atoms with Crippen molar-refractivity contribution < 1.29 is 23.2 Å². The van der Waals surface area contributed by atoms with Gasteiger partial charge in [-0.25, -0.2) is 8.78 Å². The number of fused-ring (bicyclic) bond motifs is 1. The van der Waals surface area contributed by atoms with E-state index in [1.165, 1.54) is 28.8 Å². The maximum atomic E-state index is 13.9. The van der Waals surface area contributed by atoms with Crippen LogP contribution < -0.4 is 10.2 Å². The Morgan fingerprint density at radius 3 is 2.45 bits per heavy atom. The standard InChI is InChI=1S/C30H26BrF2N3O3S/c1-29(19-8-11-22(32)23(33)12-19)13-21(29)28(39)35-16-30(17-35,18-6-9-20(31)10-7-18)34-26(37)14-36-24-4-2-3-5-25(24)40-15-27(36)38/h2-12,21H,13-17H2,1H3,(H,34,37). The first kappa shape index (κ1) is 27.0. The maximum Gasteiger partial charge on any atom is 0.240 e. The van der Waals surface area contributed by atoms with Crippen molar-refractivity contribution in [3.63, 3.8) is 0 Å². The summed E-state index contributed by atoms with van der Waals surface area (Å²) in [7, 11) is 0. The number of anilines is 1. The molecule has 0 aromatic heterocycles. The lowest BCUT2D eigenvalue weighted by atomic mass is 9.81. The van der Waals surface area contributed by atoms with E-state index < -0.39 is 22.6 Å². The van der Waals surface area contributed by atoms with Gasteiger partial charge < -0.3 is 15.1 Å². The molecular weight excluding hydrogens is 600 g/mol. The van der Waals surface area contributed by atoms with Gasteiger partial charge in [0.2, 0.25) is 17.7 Å². The summed E-state index contributed by atoms with van der Waals surface area (Å²) in [4.78, 5) is 43.7. The fraction of sp³-hybridized carbons (Fsp3) is 0.300. The smallest absolute Gasteiger partial charge is 0.240 e. The molecule has 0 spiro atoms. The normalized spacial score (nSPS) is 22.8. The molecule has 3 aromatic rings. The third-order valence-corrected chi connectivity index (χ3v) is 9.81. The van der Waals surface area contributed by atoms with Crippen LogP contribution in [0.5, 0.6) is 0 Å². The predicted octanol–water partition coefficient (Wildman–Crippen LogP) is 5.00. The van der Waals surface area contributed by atoms with Crippen LogP contribution in [0.2, 0.25) is 0 Å². The van der Waals surface area contributed by atoms with Crippen LogP contribution in [0.3, 0.4) is 0 Å². The summed E-state index contributed by atoms with van der Waals surface area (Å²) in [6, 6.07) is 18.9. The van der Waals surface area contributed by atoms with Crippen molar-refractivity contribution in [2.75, 3.05) is 30.3 Å². The Balaban J connectivity index is 1.19. The second-order valence-corrected chi connectivity index (χ2v) is 12.8. The fourth-order valence-electron chi connectivity index (χ4n) is 5.76. The van der Waals surface area contributed by atoms with Crippen LogP contribution in [0.25, 0.3) is 0 Å². The van der Waals surface area contributed by atoms with Crippen molar-refractivity contribution in [2.45, 2.75) is 29.2 Å². The Morgan fingerprint density at radius 2 is 1.73 bits per heavy atom. The summed E-state index contributed by atoms with van der Waals surface area (Å²) in [5.74, 6) is -2.45. The number of thioether (sulfide) groups is 1. The number of hydrogen-bond donors (Lipinski definition) is 1. The van der Waals surface area contributed by atoms with Crippen molar-refractivity contribution in [2.24, 2.45) is 5.92 Å². The van der Waals surface area contributed by atoms with E-state index in [4.69, 9.17) is 0 Å². The first-order valence-electron chi connectivity index (χ1n) is 12.9. The van der Waals surface area contributed by atoms with Crippen molar-refractivity contribution in [3.05, 3.63) is 94.0 Å². The lowest BCUT2D eigenvalue weighted by Gasteiger charge is -2.51. The first-order valence-corrected chi connectivity index (χ1v) is 14.7. The molecule has 2 aliphatic heterocycles. The number of nitrogens with one attached hydrogen (secondary N) is 1. The van der Waals surface area contributed by atoms with E-state index >= 15 is 0 Å². The highest BCUT2D eigenvalue weighted by Gasteiger charge is 2.59. The summed E-state index contributed by atoms with van der Waals surface area (Å²) < 4.78 is 28.2. The third kappa shape index (κ3) is 4.71. The Labute approximate surface area is 243 Å². The molecule has 1 saturated carbocycles. The summed E-state index contributed by atoms with van der Waals surface area (Å²) >= 11 is 4.90. The van der Waals surface area contributed by atoms with Gasteiger partial charge in [0.05, 0.1) is 11.4 Å². The molecule has 6 rings (SSSR count). The van der Waals surface area contributed by atoms with Crippen LogP contribution in [-0.2, 0) is 25.3 Å². The second kappa shape index (κ2) is 9.99. The molecule has 1 N–H and O–H groups in total. The molecule has 0 bridgehead atoms. The van der Waals surface area contributed by atoms with Gasteiger partial charge in [0, 0.05) is 33.8 Å². The van der Waals surface area contributed by atoms with Crippen molar-refractivity contribution >= 4 is 51.1 Å². The molecule has 6 nitrogen and oxygen atoms in total. The SMILES string of the molecule is CC1(c2ccc(F)c(F)c2)CC1C(=O)N1CC(NC(=O)CN2C(=O)CSc3ccccc32)(c2ccc(Br)cc2)C1. The van der Waals surface area contributed by atoms with Gasteiger partial charge in [-0.1, -0.05) is 53.2 Å². The van der Waals surface area contributed by atoms with Gasteiger partial charge in [0.15, 0.2) is 11.6 Å². The van der Waals surface area contributed by atoms with E-state index in [1.54, 1.807) is 4.90 Å². The van der Waals surface area contributed by atoms with E-state index in [2.05, 4.69) is 21.2 Å². The first-order chi connectivity index (χ1) is 19.1. The number of benzene rings is 3. The highest BCUT2D eigenvalue weighted by Crippen LogP contribution is 2.55. The summed E-state index contributed by atoms with van der Waals surface area (Å²) in [5, 5.41) is 3.13. The minimum absolute atomic E-state index is 0.0774. The molecule has 10 heteroatoms. The predicted molar refractivity (Wildman–Crippen MR) is 152 cm³/mol. The molecule has 2 atom stereocenters. The van der Waals surface area contributed by atoms with Gasteiger partial charge in [-0.05, 0) is 53.9 Å². The van der Waals surface area contributed by atoms with Gasteiger partial charge in [0.1, 0.15) is 12.1 Å². The highest BCUT2D eigenvalue weighted by atomic mass is 79.9. The molecule has 2 fully saturated rings. The van der Waals surface area contributed by atoms with E-state index in [1.807, 2.05) is 55.5 Å². The van der Waals surface area contributed by atoms with Crippen LogP contribution in [0.1, 0.15) is 24.5 Å². The van der Waals surface area contributed by atoms with Gasteiger partial charge in [-0.2, -0.15) is 0 Å². The monoisotopic (exact) mass is 625 g/mol. The van der Waals surface area contributed by atoms with E-state index in [0.29, 0.717) is 17.7 Å².